The molecule has 2 N–H and O–H groups in total. The minimum atomic E-state index is -1.57. The molecule has 0 saturated heterocycles. The first-order valence-electron chi connectivity index (χ1n) is 6.06. The smallest absolute Gasteiger partial charge is 0.422 e. The topological polar surface area (TPSA) is 53.4 Å². The van der Waals surface area contributed by atoms with Crippen LogP contribution in [0.15, 0.2) is 60.8 Å². The number of benzene rings is 2. The molecule has 0 bridgehead atoms. The highest BCUT2D eigenvalue weighted by Gasteiger charge is 2.19. The molecule has 2 aromatic carbocycles. The lowest BCUT2D eigenvalue weighted by molar-refractivity contribution is 0.424. The normalized spacial score (nSPS) is 10.6. The fourth-order valence-corrected chi connectivity index (χ4v) is 2.31. The average molecular weight is 249 g/mol. The summed E-state index contributed by atoms with van der Waals surface area (Å²) in [6.45, 7) is 0. The van der Waals surface area contributed by atoms with Crippen molar-refractivity contribution in [3.63, 3.8) is 0 Å². The summed E-state index contributed by atoms with van der Waals surface area (Å²) in [5.41, 5.74) is 1.97. The third-order valence-electron chi connectivity index (χ3n) is 3.16. The predicted molar refractivity (Wildman–Crippen MR) is 77.0 cm³/mol. The number of hydrogen-bond acceptors (Lipinski definition) is 3. The van der Waals surface area contributed by atoms with E-state index in [0.717, 1.165) is 21.9 Å². The maximum atomic E-state index is 9.43. The predicted octanol–water partition coefficient (Wildman–Crippen LogP) is 1.58. The Labute approximate surface area is 111 Å². The summed E-state index contributed by atoms with van der Waals surface area (Å²) in [6, 6.07) is 17.6. The second-order valence-electron chi connectivity index (χ2n) is 4.34. The first-order chi connectivity index (χ1) is 9.27. The van der Waals surface area contributed by atoms with Gasteiger partial charge in [0.15, 0.2) is 0 Å². The maximum absolute atomic E-state index is 9.43. The van der Waals surface area contributed by atoms with Crippen LogP contribution in [0.2, 0.25) is 0 Å². The Balaban J connectivity index is 2.31. The van der Waals surface area contributed by atoms with E-state index in [9.17, 15) is 10.0 Å². The number of pyridine rings is 1. The fourth-order valence-electron chi connectivity index (χ4n) is 2.31. The van der Waals surface area contributed by atoms with Crippen molar-refractivity contribution in [3.8, 4) is 11.1 Å². The molecule has 3 aromatic rings. The van der Waals surface area contributed by atoms with Gasteiger partial charge in [0.25, 0.3) is 0 Å². The number of hydrogen-bond donors (Lipinski definition) is 2. The lowest BCUT2D eigenvalue weighted by Crippen LogP contribution is -2.34. The van der Waals surface area contributed by atoms with Crippen LogP contribution in [-0.4, -0.2) is 22.2 Å². The van der Waals surface area contributed by atoms with Gasteiger partial charge in [0, 0.05) is 11.8 Å². The van der Waals surface area contributed by atoms with Crippen molar-refractivity contribution in [2.45, 2.75) is 0 Å². The van der Waals surface area contributed by atoms with Crippen LogP contribution >= 0.6 is 0 Å². The van der Waals surface area contributed by atoms with E-state index in [4.69, 9.17) is 0 Å². The molecule has 0 spiro atoms. The van der Waals surface area contributed by atoms with Gasteiger partial charge in [-0.2, -0.15) is 0 Å². The van der Waals surface area contributed by atoms with E-state index in [-0.39, 0.29) is 5.59 Å². The Bertz CT molecular complexity index is 723. The summed E-state index contributed by atoms with van der Waals surface area (Å²) in [5.74, 6) is 0. The van der Waals surface area contributed by atoms with E-state index < -0.39 is 7.12 Å². The van der Waals surface area contributed by atoms with E-state index in [0.29, 0.717) is 0 Å². The first kappa shape index (κ1) is 11.9. The molecule has 3 rings (SSSR count). The Hall–Kier alpha value is -2.17. The van der Waals surface area contributed by atoms with Crippen molar-refractivity contribution in [3.05, 3.63) is 60.8 Å². The Kier molecular flexibility index (Phi) is 3.03. The number of rotatable bonds is 2. The van der Waals surface area contributed by atoms with Crippen LogP contribution in [0.1, 0.15) is 0 Å². The Morgan fingerprint density at radius 1 is 0.789 bits per heavy atom. The molecule has 1 aromatic heterocycles. The van der Waals surface area contributed by atoms with Gasteiger partial charge in [0.1, 0.15) is 0 Å². The van der Waals surface area contributed by atoms with Crippen molar-refractivity contribution < 1.29 is 10.0 Å². The number of nitrogens with zero attached hydrogens (tertiary/aromatic N) is 1. The molecule has 0 radical (unpaired) electrons. The standard InChI is InChI=1S/C15H12BNO2/c18-16(19)15-14(9-4-10-17-15)13-8-3-6-11-5-1-2-7-12(11)13/h1-10,18-19H. The van der Waals surface area contributed by atoms with Crippen LogP contribution < -0.4 is 5.59 Å². The lowest BCUT2D eigenvalue weighted by Gasteiger charge is -2.10. The highest BCUT2D eigenvalue weighted by atomic mass is 16.4. The second-order valence-corrected chi connectivity index (χ2v) is 4.34. The zero-order valence-electron chi connectivity index (χ0n) is 10.2. The van der Waals surface area contributed by atoms with Gasteiger partial charge in [-0.25, -0.2) is 0 Å². The molecule has 0 aliphatic heterocycles. The molecule has 0 aliphatic rings. The highest BCUT2D eigenvalue weighted by Crippen LogP contribution is 2.27. The van der Waals surface area contributed by atoms with E-state index in [1.54, 1.807) is 12.3 Å². The van der Waals surface area contributed by atoms with E-state index >= 15 is 0 Å². The summed E-state index contributed by atoms with van der Waals surface area (Å²) in [5, 5.41) is 21.0. The molecule has 0 saturated carbocycles. The summed E-state index contributed by atoms with van der Waals surface area (Å²) in [4.78, 5) is 4.06. The van der Waals surface area contributed by atoms with Gasteiger partial charge in [-0.1, -0.05) is 48.5 Å². The second kappa shape index (κ2) is 4.84. The van der Waals surface area contributed by atoms with E-state index in [1.807, 2.05) is 48.5 Å². The molecule has 0 fully saturated rings. The van der Waals surface area contributed by atoms with E-state index in [1.165, 1.54) is 0 Å². The van der Waals surface area contributed by atoms with Gasteiger partial charge in [0.2, 0.25) is 0 Å². The highest BCUT2D eigenvalue weighted by molar-refractivity contribution is 6.59. The molecule has 1 heterocycles. The molecule has 4 heteroatoms. The zero-order chi connectivity index (χ0) is 13.2. The summed E-state index contributed by atoms with van der Waals surface area (Å²) in [7, 11) is -1.57. The fraction of sp³-hybridized carbons (Fsp3) is 0. The van der Waals surface area contributed by atoms with Gasteiger partial charge >= 0.3 is 7.12 Å². The van der Waals surface area contributed by atoms with Crippen LogP contribution in [0.25, 0.3) is 21.9 Å². The quantitative estimate of drug-likeness (QED) is 0.678. The molecule has 0 amide bonds. The Morgan fingerprint density at radius 3 is 2.37 bits per heavy atom. The molecular weight excluding hydrogens is 237 g/mol. The number of fused-ring (bicyclic) bond motifs is 1. The van der Waals surface area contributed by atoms with Gasteiger partial charge in [0.05, 0.1) is 5.59 Å². The van der Waals surface area contributed by atoms with Gasteiger partial charge in [-0.15, -0.1) is 0 Å². The number of aromatic nitrogens is 1. The molecule has 19 heavy (non-hydrogen) atoms. The molecule has 3 nitrogen and oxygen atoms in total. The SMILES string of the molecule is OB(O)c1ncccc1-c1cccc2ccccc12. The van der Waals surface area contributed by atoms with Crippen molar-refractivity contribution in [1.29, 1.82) is 0 Å². The van der Waals surface area contributed by atoms with Crippen molar-refractivity contribution >= 4 is 23.5 Å². The molecule has 0 aliphatic carbocycles. The summed E-state index contributed by atoms with van der Waals surface area (Å²) < 4.78 is 0. The minimum Gasteiger partial charge on any atom is -0.422 e. The van der Waals surface area contributed by atoms with Crippen LogP contribution in [0.4, 0.5) is 0 Å². The molecule has 0 atom stereocenters. The third-order valence-corrected chi connectivity index (χ3v) is 3.16. The monoisotopic (exact) mass is 249 g/mol. The molecule has 0 unspecified atom stereocenters. The first-order valence-corrected chi connectivity index (χ1v) is 6.06. The summed E-state index contributed by atoms with van der Waals surface area (Å²) in [6.07, 6.45) is 1.56. The van der Waals surface area contributed by atoms with Crippen LogP contribution in [-0.2, 0) is 0 Å². The van der Waals surface area contributed by atoms with Crippen LogP contribution in [0.5, 0.6) is 0 Å². The van der Waals surface area contributed by atoms with Crippen molar-refractivity contribution in [1.82, 2.24) is 4.98 Å². The lowest BCUT2D eigenvalue weighted by atomic mass is 9.79. The third kappa shape index (κ3) is 2.12. The summed E-state index contributed by atoms with van der Waals surface area (Å²) >= 11 is 0. The van der Waals surface area contributed by atoms with Crippen molar-refractivity contribution in [2.75, 3.05) is 0 Å². The van der Waals surface area contributed by atoms with Crippen molar-refractivity contribution in [2.24, 2.45) is 0 Å². The Morgan fingerprint density at radius 2 is 1.53 bits per heavy atom. The largest absolute Gasteiger partial charge is 0.508 e. The maximum Gasteiger partial charge on any atom is 0.508 e. The molecule has 92 valence electrons. The zero-order valence-corrected chi connectivity index (χ0v) is 10.2. The molecular formula is C15H12BNO2. The van der Waals surface area contributed by atoms with E-state index in [2.05, 4.69) is 4.98 Å². The van der Waals surface area contributed by atoms with Gasteiger partial charge < -0.3 is 10.0 Å². The minimum absolute atomic E-state index is 0.277. The average Bonchev–Trinajstić information content (AvgIpc) is 2.46. The van der Waals surface area contributed by atoms with Gasteiger partial charge in [-0.3, -0.25) is 4.98 Å². The van der Waals surface area contributed by atoms with Gasteiger partial charge in [-0.05, 0) is 22.4 Å². The van der Waals surface area contributed by atoms with Crippen LogP contribution in [0, 0.1) is 0 Å². The van der Waals surface area contributed by atoms with Crippen LogP contribution in [0.3, 0.4) is 0 Å².